The Bertz CT molecular complexity index is 1490. The monoisotopic (exact) mass is 561 g/mol. The van der Waals surface area contributed by atoms with E-state index in [2.05, 4.69) is 20.6 Å². The Balaban J connectivity index is 1.29. The topological polar surface area (TPSA) is 79.4 Å². The van der Waals surface area contributed by atoms with Crippen LogP contribution in [0.2, 0.25) is 0 Å². The lowest BCUT2D eigenvalue weighted by Crippen LogP contribution is -2.29. The number of halogens is 3. The summed E-state index contributed by atoms with van der Waals surface area (Å²) in [4.78, 5) is 23.6. The Hall–Kier alpha value is -4.60. The molecule has 7 nitrogen and oxygen atoms in total. The van der Waals surface area contributed by atoms with Gasteiger partial charge in [-0.2, -0.15) is 13.2 Å². The van der Waals surface area contributed by atoms with Crippen molar-refractivity contribution in [3.8, 4) is 5.75 Å². The number of amides is 1. The molecule has 5 rings (SSSR count). The predicted octanol–water partition coefficient (Wildman–Crippen LogP) is 7.37. The second-order valence-corrected chi connectivity index (χ2v) is 9.88. The molecule has 2 aromatic carbocycles. The minimum atomic E-state index is -4.49. The van der Waals surface area contributed by atoms with Gasteiger partial charge in [0.2, 0.25) is 0 Å². The summed E-state index contributed by atoms with van der Waals surface area (Å²) in [6.45, 7) is 3.46. The number of carbonyl (C=O) groups is 1. The number of pyridine rings is 2. The molecule has 0 radical (unpaired) electrons. The summed E-state index contributed by atoms with van der Waals surface area (Å²) in [6.07, 6.45) is 1.68. The van der Waals surface area contributed by atoms with Crippen molar-refractivity contribution in [2.45, 2.75) is 39.0 Å². The fraction of sp³-hybridized carbons (Fsp3) is 0.258. The van der Waals surface area contributed by atoms with E-state index in [1.54, 1.807) is 49.5 Å². The maximum Gasteiger partial charge on any atom is 0.416 e. The van der Waals surface area contributed by atoms with Gasteiger partial charge in [0.15, 0.2) is 0 Å². The number of anilines is 4. The van der Waals surface area contributed by atoms with Crippen molar-refractivity contribution < 1.29 is 22.7 Å². The number of nitrogens with zero attached hydrogens (tertiary/aromatic N) is 3. The molecule has 0 spiro atoms. The van der Waals surface area contributed by atoms with Crippen LogP contribution in [0.15, 0.2) is 79.1 Å². The molecule has 0 saturated carbocycles. The van der Waals surface area contributed by atoms with E-state index in [9.17, 15) is 18.0 Å². The first-order chi connectivity index (χ1) is 19.7. The third-order valence-electron chi connectivity index (χ3n) is 6.81. The Labute approximate surface area is 236 Å². The van der Waals surface area contributed by atoms with E-state index < -0.39 is 11.7 Å². The lowest BCUT2D eigenvalue weighted by Gasteiger charge is -2.30. The molecule has 4 aromatic rings. The van der Waals surface area contributed by atoms with E-state index in [-0.39, 0.29) is 11.6 Å². The zero-order chi connectivity index (χ0) is 28.8. The molecule has 2 N–H and O–H groups in total. The second-order valence-electron chi connectivity index (χ2n) is 9.88. The Morgan fingerprint density at radius 2 is 1.71 bits per heavy atom. The molecule has 1 amide bonds. The van der Waals surface area contributed by atoms with Crippen LogP contribution in [0, 0.1) is 6.92 Å². The number of rotatable bonds is 8. The molecule has 2 aromatic heterocycles. The molecular weight excluding hydrogens is 531 g/mol. The smallest absolute Gasteiger partial charge is 0.416 e. The fourth-order valence-electron chi connectivity index (χ4n) is 4.65. The van der Waals surface area contributed by atoms with E-state index >= 15 is 0 Å². The van der Waals surface area contributed by atoms with Gasteiger partial charge in [-0.15, -0.1) is 0 Å². The second kappa shape index (κ2) is 12.3. The number of aryl methyl sites for hydroxylation is 1. The normalized spacial score (nSPS) is 13.5. The molecule has 0 unspecified atom stereocenters. The van der Waals surface area contributed by atoms with Gasteiger partial charge in [0.05, 0.1) is 34.4 Å². The van der Waals surface area contributed by atoms with E-state index in [1.165, 1.54) is 12.3 Å². The van der Waals surface area contributed by atoms with E-state index in [4.69, 9.17) is 4.74 Å². The van der Waals surface area contributed by atoms with Gasteiger partial charge in [0, 0.05) is 36.3 Å². The molecule has 1 aliphatic rings. The predicted molar refractivity (Wildman–Crippen MR) is 153 cm³/mol. The number of hydrogen-bond donors (Lipinski definition) is 2. The molecular formula is C31H30F3N5O2. The minimum absolute atomic E-state index is 0.277. The highest BCUT2D eigenvalue weighted by Crippen LogP contribution is 2.36. The zero-order valence-corrected chi connectivity index (χ0v) is 22.5. The van der Waals surface area contributed by atoms with Crippen molar-refractivity contribution in [2.24, 2.45) is 0 Å². The first-order valence-corrected chi connectivity index (χ1v) is 13.4. The van der Waals surface area contributed by atoms with Crippen LogP contribution in [-0.2, 0) is 12.8 Å². The molecule has 1 fully saturated rings. The average molecular weight is 562 g/mol. The van der Waals surface area contributed by atoms with Crippen molar-refractivity contribution in [3.63, 3.8) is 0 Å². The Morgan fingerprint density at radius 3 is 2.41 bits per heavy atom. The molecule has 10 heteroatoms. The van der Waals surface area contributed by atoms with Crippen molar-refractivity contribution in [1.82, 2.24) is 9.97 Å². The van der Waals surface area contributed by atoms with Gasteiger partial charge < -0.3 is 20.3 Å². The quantitative estimate of drug-likeness (QED) is 0.234. The molecule has 41 heavy (non-hydrogen) atoms. The minimum Gasteiger partial charge on any atom is -0.487 e. The SMILES string of the molecule is Cc1ncc(Nc2cc(N3CCCCC3)cc(C(F)(F)F)c2)cc1C(=O)Nc1ccc(OCc2ccccn2)cc1. The summed E-state index contributed by atoms with van der Waals surface area (Å²) in [5.41, 5.74) is 2.62. The Kier molecular flexibility index (Phi) is 8.37. The number of aromatic nitrogens is 2. The number of alkyl halides is 3. The lowest BCUT2D eigenvalue weighted by molar-refractivity contribution is -0.137. The fourth-order valence-corrected chi connectivity index (χ4v) is 4.65. The summed E-state index contributed by atoms with van der Waals surface area (Å²) in [5.74, 6) is 0.238. The van der Waals surface area contributed by atoms with Crippen LogP contribution in [0.5, 0.6) is 5.75 Å². The highest BCUT2D eigenvalue weighted by molar-refractivity contribution is 6.05. The lowest BCUT2D eigenvalue weighted by atomic mass is 10.1. The molecule has 0 atom stereocenters. The molecule has 1 saturated heterocycles. The first-order valence-electron chi connectivity index (χ1n) is 13.4. The van der Waals surface area contributed by atoms with Crippen LogP contribution in [0.3, 0.4) is 0 Å². The highest BCUT2D eigenvalue weighted by atomic mass is 19.4. The number of ether oxygens (including phenoxy) is 1. The van der Waals surface area contributed by atoms with Crippen LogP contribution in [0.25, 0.3) is 0 Å². The third-order valence-corrected chi connectivity index (χ3v) is 6.81. The van der Waals surface area contributed by atoms with Crippen molar-refractivity contribution >= 4 is 28.7 Å². The van der Waals surface area contributed by atoms with Gasteiger partial charge in [-0.25, -0.2) is 0 Å². The number of piperidine rings is 1. The van der Waals surface area contributed by atoms with Gasteiger partial charge in [0.25, 0.3) is 5.91 Å². The summed E-state index contributed by atoms with van der Waals surface area (Å²) < 4.78 is 46.9. The number of benzene rings is 2. The van der Waals surface area contributed by atoms with E-state index in [1.807, 2.05) is 23.1 Å². The van der Waals surface area contributed by atoms with E-state index in [0.717, 1.165) is 31.0 Å². The summed E-state index contributed by atoms with van der Waals surface area (Å²) in [6, 6.07) is 18.1. The standard InChI is InChI=1S/C31H30F3N5O2/c1-21-29(30(40)38-23-8-10-28(11-9-23)41-20-24-7-3-4-12-35-24)18-26(19-36-21)37-25-15-22(31(32,33)34)16-27(17-25)39-13-5-2-6-14-39/h3-4,7-12,15-19,37H,2,5-6,13-14,20H2,1H3,(H,38,40). The molecule has 212 valence electrons. The van der Waals surface area contributed by atoms with Crippen molar-refractivity contribution in [2.75, 3.05) is 28.6 Å². The van der Waals surface area contributed by atoms with Crippen LogP contribution in [0.4, 0.5) is 35.9 Å². The van der Waals surface area contributed by atoms with Crippen LogP contribution in [0.1, 0.15) is 46.6 Å². The molecule has 3 heterocycles. The zero-order valence-electron chi connectivity index (χ0n) is 22.5. The van der Waals surface area contributed by atoms with Crippen LogP contribution >= 0.6 is 0 Å². The molecule has 0 bridgehead atoms. The number of carbonyl (C=O) groups excluding carboxylic acids is 1. The molecule has 1 aliphatic heterocycles. The average Bonchev–Trinajstić information content (AvgIpc) is 2.98. The maximum atomic E-state index is 13.7. The van der Waals surface area contributed by atoms with Gasteiger partial charge in [-0.05, 0) is 86.8 Å². The molecule has 0 aliphatic carbocycles. The summed E-state index contributed by atoms with van der Waals surface area (Å²) in [7, 11) is 0. The van der Waals surface area contributed by atoms with Crippen molar-refractivity contribution in [3.05, 3.63) is 102 Å². The van der Waals surface area contributed by atoms with E-state index in [0.29, 0.717) is 53.8 Å². The third kappa shape index (κ3) is 7.33. The van der Waals surface area contributed by atoms with Crippen LogP contribution < -0.4 is 20.3 Å². The first kappa shape index (κ1) is 27.9. The largest absolute Gasteiger partial charge is 0.487 e. The van der Waals surface area contributed by atoms with Gasteiger partial charge in [-0.3, -0.25) is 14.8 Å². The summed E-state index contributed by atoms with van der Waals surface area (Å²) >= 11 is 0. The Morgan fingerprint density at radius 1 is 0.927 bits per heavy atom. The van der Waals surface area contributed by atoms with Crippen LogP contribution in [-0.4, -0.2) is 29.0 Å². The van der Waals surface area contributed by atoms with Gasteiger partial charge in [-0.1, -0.05) is 6.07 Å². The summed E-state index contributed by atoms with van der Waals surface area (Å²) in [5, 5.41) is 5.87. The maximum absolute atomic E-state index is 13.7. The number of nitrogens with one attached hydrogen (secondary N) is 2. The van der Waals surface area contributed by atoms with Crippen molar-refractivity contribution in [1.29, 1.82) is 0 Å². The number of hydrogen-bond acceptors (Lipinski definition) is 6. The highest BCUT2D eigenvalue weighted by Gasteiger charge is 2.32. The van der Waals surface area contributed by atoms with Gasteiger partial charge >= 0.3 is 6.18 Å². The van der Waals surface area contributed by atoms with Gasteiger partial charge in [0.1, 0.15) is 12.4 Å².